The van der Waals surface area contributed by atoms with Crippen molar-refractivity contribution in [2.75, 3.05) is 18.8 Å². The molecule has 0 aromatic rings. The molecule has 0 amide bonds. The second kappa shape index (κ2) is 3.14. The predicted octanol–water partition coefficient (Wildman–Crippen LogP) is 1.49. The van der Waals surface area contributed by atoms with Crippen LogP contribution in [0.1, 0.15) is 19.3 Å². The zero-order valence-corrected chi connectivity index (χ0v) is 7.12. The number of rotatable bonds is 0. The van der Waals surface area contributed by atoms with Gasteiger partial charge in [0.05, 0.1) is 0 Å². The van der Waals surface area contributed by atoms with Gasteiger partial charge in [-0.15, -0.1) is 0 Å². The van der Waals surface area contributed by atoms with Crippen LogP contribution >= 0.6 is 11.8 Å². The Labute approximate surface area is 67.0 Å². The molecule has 0 aromatic carbocycles. The summed E-state index contributed by atoms with van der Waals surface area (Å²) < 4.78 is 0. The zero-order valence-electron chi connectivity index (χ0n) is 6.31. The summed E-state index contributed by atoms with van der Waals surface area (Å²) in [5.41, 5.74) is 0. The Morgan fingerprint density at radius 2 is 2.30 bits per heavy atom. The van der Waals surface area contributed by atoms with Crippen molar-refractivity contribution in [1.29, 1.82) is 0 Å². The highest BCUT2D eigenvalue weighted by Crippen LogP contribution is 2.34. The van der Waals surface area contributed by atoms with Crippen molar-refractivity contribution in [3.05, 3.63) is 0 Å². The summed E-state index contributed by atoms with van der Waals surface area (Å²) in [5.74, 6) is 2.34. The molecule has 0 aromatic heterocycles. The van der Waals surface area contributed by atoms with Crippen LogP contribution in [-0.2, 0) is 0 Å². The minimum Gasteiger partial charge on any atom is -0.316 e. The van der Waals surface area contributed by atoms with Crippen molar-refractivity contribution in [2.24, 2.45) is 5.92 Å². The van der Waals surface area contributed by atoms with E-state index in [0.717, 1.165) is 11.2 Å². The Morgan fingerprint density at radius 1 is 1.30 bits per heavy atom. The Kier molecular flexibility index (Phi) is 2.19. The molecule has 2 bridgehead atoms. The van der Waals surface area contributed by atoms with E-state index in [0.29, 0.717) is 0 Å². The molecule has 2 atom stereocenters. The van der Waals surface area contributed by atoms with Crippen molar-refractivity contribution < 1.29 is 0 Å². The second-order valence-electron chi connectivity index (χ2n) is 3.38. The second-order valence-corrected chi connectivity index (χ2v) is 4.78. The lowest BCUT2D eigenvalue weighted by Gasteiger charge is -2.16. The van der Waals surface area contributed by atoms with Crippen LogP contribution in [0.5, 0.6) is 0 Å². The third kappa shape index (κ3) is 1.48. The van der Waals surface area contributed by atoms with Crippen LogP contribution in [0.25, 0.3) is 0 Å². The first-order valence-corrected chi connectivity index (χ1v) is 5.32. The summed E-state index contributed by atoms with van der Waals surface area (Å²) in [6.07, 6.45) is 4.44. The van der Waals surface area contributed by atoms with Gasteiger partial charge in [-0.25, -0.2) is 0 Å². The lowest BCUT2D eigenvalue weighted by molar-refractivity contribution is 0.497. The first-order valence-electron chi connectivity index (χ1n) is 4.27. The Balaban J connectivity index is 1.91. The van der Waals surface area contributed by atoms with Gasteiger partial charge >= 0.3 is 0 Å². The number of hydrogen-bond donors (Lipinski definition) is 1. The largest absolute Gasteiger partial charge is 0.316 e. The Bertz CT molecular complexity index is 104. The molecular formula is C8H15NS. The molecule has 1 aliphatic heterocycles. The normalized spacial score (nSPS) is 40.8. The van der Waals surface area contributed by atoms with E-state index in [4.69, 9.17) is 0 Å². The average molecular weight is 157 g/mol. The van der Waals surface area contributed by atoms with Crippen LogP contribution < -0.4 is 5.32 Å². The summed E-state index contributed by atoms with van der Waals surface area (Å²) >= 11 is 2.18. The highest BCUT2D eigenvalue weighted by molar-refractivity contribution is 7.99. The van der Waals surface area contributed by atoms with Gasteiger partial charge in [0, 0.05) is 17.5 Å². The fraction of sp³-hybridized carbons (Fsp3) is 1.00. The number of fused-ring (bicyclic) bond motifs is 2. The monoisotopic (exact) mass is 157 g/mol. The Hall–Kier alpha value is 0.310. The minimum absolute atomic E-state index is 1.01. The number of hydrogen-bond acceptors (Lipinski definition) is 2. The molecule has 1 nitrogen and oxygen atoms in total. The Morgan fingerprint density at radius 3 is 3.30 bits per heavy atom. The lowest BCUT2D eigenvalue weighted by Crippen LogP contribution is -2.26. The van der Waals surface area contributed by atoms with Gasteiger partial charge in [-0.2, -0.15) is 11.8 Å². The maximum atomic E-state index is 3.49. The molecule has 10 heavy (non-hydrogen) atoms. The molecule has 0 radical (unpaired) electrons. The lowest BCUT2D eigenvalue weighted by atomic mass is 10.1. The fourth-order valence-electron chi connectivity index (χ4n) is 1.97. The van der Waals surface area contributed by atoms with E-state index < -0.39 is 0 Å². The van der Waals surface area contributed by atoms with Crippen molar-refractivity contribution in [2.45, 2.75) is 24.5 Å². The molecule has 1 saturated heterocycles. The molecule has 1 heterocycles. The quantitative estimate of drug-likeness (QED) is 0.572. The standard InChI is InChI=1S/C8H15NS/c1-2-8-5-7(1)6-9-3-4-10-8/h7-9H,1-6H2. The van der Waals surface area contributed by atoms with Crippen LogP contribution in [0.4, 0.5) is 0 Å². The van der Waals surface area contributed by atoms with Gasteiger partial charge in [0.25, 0.3) is 0 Å². The van der Waals surface area contributed by atoms with Crippen LogP contribution in [0.2, 0.25) is 0 Å². The first kappa shape index (κ1) is 6.99. The highest BCUT2D eigenvalue weighted by Gasteiger charge is 2.25. The van der Waals surface area contributed by atoms with Gasteiger partial charge in [0.15, 0.2) is 0 Å². The highest BCUT2D eigenvalue weighted by atomic mass is 32.2. The summed E-state index contributed by atoms with van der Waals surface area (Å²) in [7, 11) is 0. The maximum Gasteiger partial charge on any atom is 0.00608 e. The van der Waals surface area contributed by atoms with E-state index in [1.165, 1.54) is 38.1 Å². The molecule has 2 heteroatoms. The molecule has 2 unspecified atom stereocenters. The van der Waals surface area contributed by atoms with E-state index in [1.807, 2.05) is 0 Å². The average Bonchev–Trinajstić information content (AvgIpc) is 2.30. The molecule has 1 saturated carbocycles. The SMILES string of the molecule is C1CSC2CCC(CN1)C2. The molecule has 2 aliphatic rings. The molecule has 2 fully saturated rings. The van der Waals surface area contributed by atoms with Gasteiger partial charge in [0.1, 0.15) is 0 Å². The van der Waals surface area contributed by atoms with Gasteiger partial charge < -0.3 is 5.32 Å². The number of nitrogens with one attached hydrogen (secondary N) is 1. The molecule has 58 valence electrons. The van der Waals surface area contributed by atoms with Crippen molar-refractivity contribution >= 4 is 11.8 Å². The van der Waals surface area contributed by atoms with Gasteiger partial charge in [-0.05, 0) is 31.7 Å². The third-order valence-corrected chi connectivity index (χ3v) is 3.90. The number of thioether (sulfide) groups is 1. The van der Waals surface area contributed by atoms with E-state index in [-0.39, 0.29) is 0 Å². The first-order chi connectivity index (χ1) is 4.95. The molecule has 2 rings (SSSR count). The summed E-state index contributed by atoms with van der Waals surface area (Å²) in [6.45, 7) is 2.52. The predicted molar refractivity (Wildman–Crippen MR) is 46.5 cm³/mol. The van der Waals surface area contributed by atoms with E-state index in [1.54, 1.807) is 0 Å². The van der Waals surface area contributed by atoms with Crippen molar-refractivity contribution in [3.8, 4) is 0 Å². The van der Waals surface area contributed by atoms with Gasteiger partial charge in [-0.1, -0.05) is 0 Å². The smallest absolute Gasteiger partial charge is 0.00608 e. The van der Waals surface area contributed by atoms with Gasteiger partial charge in [0.2, 0.25) is 0 Å². The molecule has 1 N–H and O–H groups in total. The van der Waals surface area contributed by atoms with E-state index in [9.17, 15) is 0 Å². The topological polar surface area (TPSA) is 12.0 Å². The van der Waals surface area contributed by atoms with Crippen LogP contribution in [-0.4, -0.2) is 24.1 Å². The van der Waals surface area contributed by atoms with Crippen LogP contribution in [0.3, 0.4) is 0 Å². The fourth-order valence-corrected chi connectivity index (χ4v) is 3.28. The third-order valence-electron chi connectivity index (χ3n) is 2.56. The van der Waals surface area contributed by atoms with Crippen LogP contribution in [0.15, 0.2) is 0 Å². The van der Waals surface area contributed by atoms with Gasteiger partial charge in [-0.3, -0.25) is 0 Å². The molecular weight excluding hydrogens is 142 g/mol. The summed E-state index contributed by atoms with van der Waals surface area (Å²) in [5, 5.41) is 4.51. The van der Waals surface area contributed by atoms with Crippen molar-refractivity contribution in [3.63, 3.8) is 0 Å². The summed E-state index contributed by atoms with van der Waals surface area (Å²) in [6, 6.07) is 0. The zero-order chi connectivity index (χ0) is 6.81. The van der Waals surface area contributed by atoms with Crippen molar-refractivity contribution in [1.82, 2.24) is 5.32 Å². The van der Waals surface area contributed by atoms with E-state index in [2.05, 4.69) is 17.1 Å². The maximum absolute atomic E-state index is 3.49. The van der Waals surface area contributed by atoms with E-state index >= 15 is 0 Å². The van der Waals surface area contributed by atoms with Crippen LogP contribution in [0, 0.1) is 5.92 Å². The minimum atomic E-state index is 1.01. The molecule has 1 aliphatic carbocycles. The summed E-state index contributed by atoms with van der Waals surface area (Å²) in [4.78, 5) is 0. The molecule has 0 spiro atoms.